The van der Waals surface area contributed by atoms with E-state index in [0.29, 0.717) is 5.15 Å². The smallest absolute Gasteiger partial charge is 0.221 e. The van der Waals surface area contributed by atoms with Crippen molar-refractivity contribution < 1.29 is 0 Å². The molecule has 3 rings (SSSR count). The minimum Gasteiger partial charge on any atom is -0.368 e. The number of hydrogen-bond donors (Lipinski definition) is 2. The normalized spacial score (nSPS) is 10.9. The molecule has 0 fully saturated rings. The third kappa shape index (κ3) is 1.83. The van der Waals surface area contributed by atoms with Gasteiger partial charge in [-0.3, -0.25) is 0 Å². The molecule has 3 aromatic rings. The average molecular weight is 245 g/mol. The maximum atomic E-state index is 5.86. The van der Waals surface area contributed by atoms with Gasteiger partial charge in [-0.15, -0.1) is 0 Å². The van der Waals surface area contributed by atoms with Gasteiger partial charge >= 0.3 is 0 Å². The summed E-state index contributed by atoms with van der Waals surface area (Å²) in [5.41, 5.74) is 8.35. The highest BCUT2D eigenvalue weighted by atomic mass is 35.5. The lowest BCUT2D eigenvalue weighted by Gasteiger charge is -2.02. The molecule has 3 N–H and O–H groups in total. The SMILES string of the molecule is Nc1nc(Cl)cc(-c2ccc3[nH]ccc3c2)n1. The van der Waals surface area contributed by atoms with Gasteiger partial charge in [-0.2, -0.15) is 0 Å². The van der Waals surface area contributed by atoms with E-state index < -0.39 is 0 Å². The molecule has 4 nitrogen and oxygen atoms in total. The summed E-state index contributed by atoms with van der Waals surface area (Å²) in [6, 6.07) is 9.70. The first-order valence-electron chi connectivity index (χ1n) is 5.10. The molecule has 17 heavy (non-hydrogen) atoms. The van der Waals surface area contributed by atoms with Gasteiger partial charge in [0.2, 0.25) is 5.95 Å². The molecule has 5 heteroatoms. The molecule has 0 atom stereocenters. The Hall–Kier alpha value is -2.07. The number of H-pyrrole nitrogens is 1. The number of halogens is 1. The molecule has 0 unspecified atom stereocenters. The van der Waals surface area contributed by atoms with Crippen LogP contribution in [0.2, 0.25) is 5.15 Å². The first-order valence-corrected chi connectivity index (χ1v) is 5.48. The van der Waals surface area contributed by atoms with Gasteiger partial charge in [0.15, 0.2) is 0 Å². The number of aromatic nitrogens is 3. The molecular formula is C12H9ClN4. The predicted octanol–water partition coefficient (Wildman–Crippen LogP) is 2.86. The molecule has 0 spiro atoms. The highest BCUT2D eigenvalue weighted by molar-refractivity contribution is 6.29. The third-order valence-electron chi connectivity index (χ3n) is 2.56. The zero-order valence-corrected chi connectivity index (χ0v) is 9.57. The van der Waals surface area contributed by atoms with E-state index in [9.17, 15) is 0 Å². The van der Waals surface area contributed by atoms with Crippen LogP contribution in [0.15, 0.2) is 36.5 Å². The molecule has 0 radical (unpaired) electrons. The second-order valence-electron chi connectivity index (χ2n) is 3.71. The molecule has 0 bridgehead atoms. The number of fused-ring (bicyclic) bond motifs is 1. The van der Waals surface area contributed by atoms with Crippen LogP contribution in [0.4, 0.5) is 5.95 Å². The summed E-state index contributed by atoms with van der Waals surface area (Å²) in [5.74, 6) is 0.182. The Morgan fingerprint density at radius 1 is 1.12 bits per heavy atom. The summed E-state index contributed by atoms with van der Waals surface area (Å²) in [5, 5.41) is 1.47. The largest absolute Gasteiger partial charge is 0.368 e. The Morgan fingerprint density at radius 3 is 2.82 bits per heavy atom. The van der Waals surface area contributed by atoms with Gasteiger partial charge in [-0.25, -0.2) is 9.97 Å². The summed E-state index contributed by atoms with van der Waals surface area (Å²) in [7, 11) is 0. The fraction of sp³-hybridized carbons (Fsp3) is 0. The number of nitrogens with two attached hydrogens (primary N) is 1. The second-order valence-corrected chi connectivity index (χ2v) is 4.10. The van der Waals surface area contributed by atoms with Gasteiger partial charge in [0.1, 0.15) is 5.15 Å². The van der Waals surface area contributed by atoms with Gasteiger partial charge < -0.3 is 10.7 Å². The van der Waals surface area contributed by atoms with Crippen LogP contribution in [0.3, 0.4) is 0 Å². The monoisotopic (exact) mass is 244 g/mol. The fourth-order valence-electron chi connectivity index (χ4n) is 1.80. The summed E-state index contributed by atoms with van der Waals surface area (Å²) in [6.45, 7) is 0. The molecule has 0 saturated heterocycles. The quantitative estimate of drug-likeness (QED) is 0.647. The average Bonchev–Trinajstić information content (AvgIpc) is 2.74. The van der Waals surface area contributed by atoms with Crippen LogP contribution in [0, 0.1) is 0 Å². The van der Waals surface area contributed by atoms with Gasteiger partial charge in [0, 0.05) is 28.7 Å². The zero-order chi connectivity index (χ0) is 11.8. The highest BCUT2D eigenvalue weighted by Crippen LogP contribution is 2.24. The van der Waals surface area contributed by atoms with Crippen molar-refractivity contribution in [3.63, 3.8) is 0 Å². The molecule has 2 heterocycles. The Balaban J connectivity index is 2.19. The van der Waals surface area contributed by atoms with E-state index in [4.69, 9.17) is 17.3 Å². The fourth-order valence-corrected chi connectivity index (χ4v) is 1.99. The molecule has 0 aliphatic carbocycles. The number of nitrogens with one attached hydrogen (secondary N) is 1. The van der Waals surface area contributed by atoms with Crippen LogP contribution in [-0.2, 0) is 0 Å². The number of anilines is 1. The van der Waals surface area contributed by atoms with Gasteiger partial charge in [0.25, 0.3) is 0 Å². The standard InChI is InChI=1S/C12H9ClN4/c13-11-6-10(16-12(14)17-11)7-1-2-9-8(5-7)3-4-15-9/h1-6,15H,(H2,14,16,17). The van der Waals surface area contributed by atoms with Crippen LogP contribution in [0.1, 0.15) is 0 Å². The molecule has 0 saturated carbocycles. The topological polar surface area (TPSA) is 67.6 Å². The predicted molar refractivity (Wildman–Crippen MR) is 68.7 cm³/mol. The summed E-state index contributed by atoms with van der Waals surface area (Å²) < 4.78 is 0. The zero-order valence-electron chi connectivity index (χ0n) is 8.81. The summed E-state index contributed by atoms with van der Waals surface area (Å²) in [4.78, 5) is 11.1. The molecule has 1 aromatic carbocycles. The van der Waals surface area contributed by atoms with Gasteiger partial charge in [-0.1, -0.05) is 17.7 Å². The molecular weight excluding hydrogens is 236 g/mol. The molecule has 0 aliphatic heterocycles. The number of benzene rings is 1. The minimum absolute atomic E-state index is 0.182. The van der Waals surface area contributed by atoms with E-state index >= 15 is 0 Å². The van der Waals surface area contributed by atoms with Crippen LogP contribution >= 0.6 is 11.6 Å². The van der Waals surface area contributed by atoms with E-state index in [1.54, 1.807) is 6.07 Å². The maximum absolute atomic E-state index is 5.86. The van der Waals surface area contributed by atoms with E-state index in [1.807, 2.05) is 30.5 Å². The first-order chi connectivity index (χ1) is 8.22. The van der Waals surface area contributed by atoms with Crippen molar-refractivity contribution in [1.29, 1.82) is 0 Å². The molecule has 84 valence electrons. The second kappa shape index (κ2) is 3.75. The van der Waals surface area contributed by atoms with Crippen molar-refractivity contribution in [3.8, 4) is 11.3 Å². The Morgan fingerprint density at radius 2 is 2.00 bits per heavy atom. The van der Waals surface area contributed by atoms with Crippen molar-refractivity contribution >= 4 is 28.5 Å². The van der Waals surface area contributed by atoms with Gasteiger partial charge in [0.05, 0.1) is 5.69 Å². The van der Waals surface area contributed by atoms with Crippen molar-refractivity contribution in [1.82, 2.24) is 15.0 Å². The van der Waals surface area contributed by atoms with Crippen LogP contribution in [0.5, 0.6) is 0 Å². The number of aromatic amines is 1. The summed E-state index contributed by atoms with van der Waals surface area (Å²) in [6.07, 6.45) is 1.90. The lowest BCUT2D eigenvalue weighted by molar-refractivity contribution is 1.19. The minimum atomic E-state index is 0.182. The Labute approximate surface area is 102 Å². The van der Waals surface area contributed by atoms with Gasteiger partial charge in [-0.05, 0) is 18.2 Å². The molecule has 2 aromatic heterocycles. The highest BCUT2D eigenvalue weighted by Gasteiger charge is 2.04. The van der Waals surface area contributed by atoms with E-state index in [2.05, 4.69) is 15.0 Å². The van der Waals surface area contributed by atoms with E-state index in [1.165, 1.54) is 0 Å². The van der Waals surface area contributed by atoms with Crippen molar-refractivity contribution in [2.45, 2.75) is 0 Å². The van der Waals surface area contributed by atoms with Crippen molar-refractivity contribution in [2.24, 2.45) is 0 Å². The Bertz CT molecular complexity index is 670. The molecule has 0 amide bonds. The Kier molecular flexibility index (Phi) is 2.23. The number of rotatable bonds is 1. The molecule has 0 aliphatic rings. The third-order valence-corrected chi connectivity index (χ3v) is 2.75. The lowest BCUT2D eigenvalue weighted by atomic mass is 10.1. The van der Waals surface area contributed by atoms with Crippen molar-refractivity contribution in [3.05, 3.63) is 41.7 Å². The maximum Gasteiger partial charge on any atom is 0.221 e. The van der Waals surface area contributed by atoms with Crippen LogP contribution in [-0.4, -0.2) is 15.0 Å². The number of nitrogen functional groups attached to an aromatic ring is 1. The summed E-state index contributed by atoms with van der Waals surface area (Å²) >= 11 is 5.86. The van der Waals surface area contributed by atoms with E-state index in [-0.39, 0.29) is 5.95 Å². The van der Waals surface area contributed by atoms with Crippen molar-refractivity contribution in [2.75, 3.05) is 5.73 Å². The lowest BCUT2D eigenvalue weighted by Crippen LogP contribution is -1.96. The number of nitrogens with zero attached hydrogens (tertiary/aromatic N) is 2. The van der Waals surface area contributed by atoms with Crippen LogP contribution < -0.4 is 5.73 Å². The van der Waals surface area contributed by atoms with Crippen LogP contribution in [0.25, 0.3) is 22.2 Å². The first kappa shape index (κ1) is 10.1. The number of hydrogen-bond acceptors (Lipinski definition) is 3. The van der Waals surface area contributed by atoms with E-state index in [0.717, 1.165) is 22.2 Å².